The van der Waals surface area contributed by atoms with Crippen LogP contribution in [0.25, 0.3) is 0 Å². The Bertz CT molecular complexity index is 512. The van der Waals surface area contributed by atoms with E-state index in [-0.39, 0.29) is 12.5 Å². The standard InChI is InChI=1S/C14H16BrNO4/c1-9-5-10(7-11(15)6-9)13(17)16-3-4-20-8-12(16)14(18)19-2/h5-7,12H,3-4,8H2,1-2H3. The summed E-state index contributed by atoms with van der Waals surface area (Å²) >= 11 is 3.38. The van der Waals surface area contributed by atoms with Crippen molar-refractivity contribution < 1.29 is 19.1 Å². The number of ether oxygens (including phenoxy) is 2. The predicted octanol–water partition coefficient (Wildman–Crippen LogP) is 1.77. The molecule has 0 spiro atoms. The van der Waals surface area contributed by atoms with Crippen molar-refractivity contribution in [3.8, 4) is 0 Å². The van der Waals surface area contributed by atoms with Gasteiger partial charge in [-0.3, -0.25) is 4.79 Å². The Morgan fingerprint density at radius 1 is 1.40 bits per heavy atom. The molecule has 108 valence electrons. The topological polar surface area (TPSA) is 55.8 Å². The second-order valence-electron chi connectivity index (χ2n) is 4.63. The van der Waals surface area contributed by atoms with Crippen LogP contribution in [0.4, 0.5) is 0 Å². The van der Waals surface area contributed by atoms with Crippen molar-refractivity contribution in [2.75, 3.05) is 26.9 Å². The summed E-state index contributed by atoms with van der Waals surface area (Å²) in [6.07, 6.45) is 0. The van der Waals surface area contributed by atoms with E-state index in [1.807, 2.05) is 13.0 Å². The summed E-state index contributed by atoms with van der Waals surface area (Å²) in [6, 6.07) is 4.80. The smallest absolute Gasteiger partial charge is 0.331 e. The Hall–Kier alpha value is -1.40. The molecule has 1 heterocycles. The number of benzene rings is 1. The van der Waals surface area contributed by atoms with Gasteiger partial charge in [-0.05, 0) is 30.7 Å². The maximum atomic E-state index is 12.6. The Kier molecular flexibility index (Phi) is 4.77. The fourth-order valence-corrected chi connectivity index (χ4v) is 2.81. The zero-order valence-electron chi connectivity index (χ0n) is 11.4. The van der Waals surface area contributed by atoms with E-state index in [1.165, 1.54) is 12.0 Å². The van der Waals surface area contributed by atoms with Crippen LogP contribution in [-0.4, -0.2) is 49.7 Å². The zero-order chi connectivity index (χ0) is 14.7. The van der Waals surface area contributed by atoms with Crippen LogP contribution < -0.4 is 0 Å². The molecule has 6 heteroatoms. The average molecular weight is 342 g/mol. The lowest BCUT2D eigenvalue weighted by Crippen LogP contribution is -2.53. The molecule has 1 atom stereocenters. The van der Waals surface area contributed by atoms with Crippen LogP contribution in [0.15, 0.2) is 22.7 Å². The molecule has 1 saturated heterocycles. The number of methoxy groups -OCH3 is 1. The van der Waals surface area contributed by atoms with Crippen LogP contribution >= 0.6 is 15.9 Å². The molecule has 0 saturated carbocycles. The summed E-state index contributed by atoms with van der Waals surface area (Å²) in [6.45, 7) is 2.89. The Balaban J connectivity index is 2.27. The van der Waals surface area contributed by atoms with Gasteiger partial charge in [-0.1, -0.05) is 15.9 Å². The van der Waals surface area contributed by atoms with Crippen LogP contribution in [-0.2, 0) is 14.3 Å². The van der Waals surface area contributed by atoms with E-state index in [0.29, 0.717) is 18.7 Å². The van der Waals surface area contributed by atoms with Gasteiger partial charge in [-0.2, -0.15) is 0 Å². The van der Waals surface area contributed by atoms with Crippen molar-refractivity contribution in [2.24, 2.45) is 0 Å². The number of carbonyl (C=O) groups is 2. The quantitative estimate of drug-likeness (QED) is 0.769. The normalized spacial score (nSPS) is 18.8. The summed E-state index contributed by atoms with van der Waals surface area (Å²) in [4.78, 5) is 25.8. The minimum absolute atomic E-state index is 0.172. The van der Waals surface area contributed by atoms with Crippen molar-refractivity contribution >= 4 is 27.8 Å². The van der Waals surface area contributed by atoms with Crippen molar-refractivity contribution in [1.82, 2.24) is 4.90 Å². The first-order valence-electron chi connectivity index (χ1n) is 6.26. The van der Waals surface area contributed by atoms with E-state index >= 15 is 0 Å². The SMILES string of the molecule is COC(=O)C1COCCN1C(=O)c1cc(C)cc(Br)c1. The maximum Gasteiger partial charge on any atom is 0.331 e. The van der Waals surface area contributed by atoms with Gasteiger partial charge in [0.2, 0.25) is 0 Å². The van der Waals surface area contributed by atoms with Crippen LogP contribution in [0.3, 0.4) is 0 Å². The average Bonchev–Trinajstić information content (AvgIpc) is 2.44. The molecule has 0 aliphatic carbocycles. The highest BCUT2D eigenvalue weighted by molar-refractivity contribution is 9.10. The maximum absolute atomic E-state index is 12.6. The number of hydrogen-bond donors (Lipinski definition) is 0. The van der Waals surface area contributed by atoms with Gasteiger partial charge in [0.05, 0.1) is 20.3 Å². The molecule has 0 radical (unpaired) electrons. The molecule has 20 heavy (non-hydrogen) atoms. The van der Waals surface area contributed by atoms with Crippen molar-refractivity contribution in [2.45, 2.75) is 13.0 Å². The molecule has 0 N–H and O–H groups in total. The molecule has 1 aromatic carbocycles. The minimum atomic E-state index is -0.680. The van der Waals surface area contributed by atoms with Gasteiger partial charge >= 0.3 is 5.97 Å². The van der Waals surface area contributed by atoms with E-state index in [2.05, 4.69) is 15.9 Å². The summed E-state index contributed by atoms with van der Waals surface area (Å²) < 4.78 is 10.8. The molecular formula is C14H16BrNO4. The van der Waals surface area contributed by atoms with E-state index in [1.54, 1.807) is 12.1 Å². The number of esters is 1. The second kappa shape index (κ2) is 6.37. The predicted molar refractivity (Wildman–Crippen MR) is 76.5 cm³/mol. The lowest BCUT2D eigenvalue weighted by atomic mass is 10.1. The Morgan fingerprint density at radius 2 is 2.15 bits per heavy atom. The lowest BCUT2D eigenvalue weighted by Gasteiger charge is -2.33. The third-order valence-electron chi connectivity index (χ3n) is 3.15. The Morgan fingerprint density at radius 3 is 2.80 bits per heavy atom. The number of hydrogen-bond acceptors (Lipinski definition) is 4. The second-order valence-corrected chi connectivity index (χ2v) is 5.55. The largest absolute Gasteiger partial charge is 0.467 e. The molecule has 0 bridgehead atoms. The minimum Gasteiger partial charge on any atom is -0.467 e. The Labute approximate surface area is 126 Å². The van der Waals surface area contributed by atoms with Gasteiger partial charge in [-0.25, -0.2) is 4.79 Å². The van der Waals surface area contributed by atoms with E-state index in [0.717, 1.165) is 10.0 Å². The van der Waals surface area contributed by atoms with Gasteiger partial charge in [0.1, 0.15) is 0 Å². The van der Waals surface area contributed by atoms with Crippen LogP contribution in [0.2, 0.25) is 0 Å². The molecule has 5 nitrogen and oxygen atoms in total. The molecular weight excluding hydrogens is 326 g/mol. The first-order chi connectivity index (χ1) is 9.52. The van der Waals surface area contributed by atoms with Crippen molar-refractivity contribution in [3.05, 3.63) is 33.8 Å². The first-order valence-corrected chi connectivity index (χ1v) is 7.06. The number of morpholine rings is 1. The molecule has 1 aromatic rings. The summed E-state index contributed by atoms with van der Waals surface area (Å²) in [5, 5.41) is 0. The van der Waals surface area contributed by atoms with Gasteiger partial charge in [0.25, 0.3) is 5.91 Å². The molecule has 1 aliphatic rings. The zero-order valence-corrected chi connectivity index (χ0v) is 13.0. The number of rotatable bonds is 2. The highest BCUT2D eigenvalue weighted by Crippen LogP contribution is 2.19. The van der Waals surface area contributed by atoms with Crippen LogP contribution in [0, 0.1) is 6.92 Å². The lowest BCUT2D eigenvalue weighted by molar-refractivity contribution is -0.151. The van der Waals surface area contributed by atoms with Crippen molar-refractivity contribution in [3.63, 3.8) is 0 Å². The number of carbonyl (C=O) groups excluding carboxylic acids is 2. The fourth-order valence-electron chi connectivity index (χ4n) is 2.20. The monoisotopic (exact) mass is 341 g/mol. The molecule has 2 rings (SSSR count). The van der Waals surface area contributed by atoms with E-state index in [4.69, 9.17) is 9.47 Å². The van der Waals surface area contributed by atoms with Crippen LogP contribution in [0.1, 0.15) is 15.9 Å². The molecule has 1 unspecified atom stereocenters. The third kappa shape index (κ3) is 3.19. The third-order valence-corrected chi connectivity index (χ3v) is 3.61. The number of halogens is 1. The van der Waals surface area contributed by atoms with Gasteiger partial charge in [0, 0.05) is 16.6 Å². The molecule has 0 aromatic heterocycles. The molecule has 1 fully saturated rings. The summed E-state index contributed by atoms with van der Waals surface area (Å²) in [7, 11) is 1.31. The first kappa shape index (κ1) is 15.0. The number of amides is 1. The highest BCUT2D eigenvalue weighted by Gasteiger charge is 2.34. The van der Waals surface area contributed by atoms with Gasteiger partial charge in [0.15, 0.2) is 6.04 Å². The number of nitrogens with zero attached hydrogens (tertiary/aromatic N) is 1. The molecule has 1 amide bonds. The van der Waals surface area contributed by atoms with Gasteiger partial charge < -0.3 is 14.4 Å². The van der Waals surface area contributed by atoms with E-state index < -0.39 is 12.0 Å². The highest BCUT2D eigenvalue weighted by atomic mass is 79.9. The summed E-state index contributed by atoms with van der Waals surface area (Å²) in [5.74, 6) is -0.641. The van der Waals surface area contributed by atoms with Gasteiger partial charge in [-0.15, -0.1) is 0 Å². The number of aryl methyl sites for hydroxylation is 1. The van der Waals surface area contributed by atoms with Crippen LogP contribution in [0.5, 0.6) is 0 Å². The van der Waals surface area contributed by atoms with Crippen molar-refractivity contribution in [1.29, 1.82) is 0 Å². The van der Waals surface area contributed by atoms with E-state index in [9.17, 15) is 9.59 Å². The molecule has 1 aliphatic heterocycles. The summed E-state index contributed by atoms with van der Waals surface area (Å²) in [5.41, 5.74) is 1.53. The fraction of sp³-hybridized carbons (Fsp3) is 0.429.